The molecule has 1 N–H and O–H groups in total. The first-order chi connectivity index (χ1) is 7.61. The molecule has 0 saturated carbocycles. The molecule has 1 heterocycles. The molecule has 3 nitrogen and oxygen atoms in total. The zero-order valence-electron chi connectivity index (χ0n) is 9.34. The lowest BCUT2D eigenvalue weighted by molar-refractivity contribution is -0.145. The molecule has 0 amide bonds. The van der Waals surface area contributed by atoms with Gasteiger partial charge in [0.15, 0.2) is 0 Å². The molecule has 0 aromatic heterocycles. The van der Waals surface area contributed by atoms with Gasteiger partial charge >= 0.3 is 5.97 Å². The van der Waals surface area contributed by atoms with Crippen LogP contribution in [-0.2, 0) is 16.0 Å². The average molecular weight is 284 g/mol. The van der Waals surface area contributed by atoms with Gasteiger partial charge in [-0.3, -0.25) is 0 Å². The molecule has 1 unspecified atom stereocenters. The lowest BCUT2D eigenvalue weighted by atomic mass is 9.92. The van der Waals surface area contributed by atoms with Crippen LogP contribution in [0.5, 0.6) is 0 Å². The summed E-state index contributed by atoms with van der Waals surface area (Å²) in [5, 5.41) is 3.28. The number of nitrogens with one attached hydrogen (secondary N) is 1. The summed E-state index contributed by atoms with van der Waals surface area (Å²) >= 11 is 3.42. The third kappa shape index (κ3) is 1.71. The largest absolute Gasteiger partial charge is 0.467 e. The Balaban J connectivity index is 2.35. The molecule has 86 valence electrons. The van der Waals surface area contributed by atoms with Crippen molar-refractivity contribution in [1.29, 1.82) is 0 Å². The van der Waals surface area contributed by atoms with Gasteiger partial charge in [0.2, 0.25) is 0 Å². The van der Waals surface area contributed by atoms with E-state index in [0.29, 0.717) is 12.8 Å². The molecule has 1 aliphatic rings. The van der Waals surface area contributed by atoms with E-state index in [1.165, 1.54) is 7.11 Å². The van der Waals surface area contributed by atoms with Crippen LogP contribution < -0.4 is 5.32 Å². The number of rotatable bonds is 2. The van der Waals surface area contributed by atoms with Gasteiger partial charge < -0.3 is 10.1 Å². The van der Waals surface area contributed by atoms with E-state index in [9.17, 15) is 4.79 Å². The van der Waals surface area contributed by atoms with Crippen LogP contribution in [-0.4, -0.2) is 18.6 Å². The zero-order chi connectivity index (χ0) is 11.8. The van der Waals surface area contributed by atoms with Crippen LogP contribution in [0, 0.1) is 0 Å². The minimum absolute atomic E-state index is 0.192. The number of methoxy groups -OCH3 is 1. The van der Waals surface area contributed by atoms with E-state index < -0.39 is 5.54 Å². The summed E-state index contributed by atoms with van der Waals surface area (Å²) in [7, 11) is 1.43. The maximum Gasteiger partial charge on any atom is 0.331 e. The summed E-state index contributed by atoms with van der Waals surface area (Å²) in [6.45, 7) is 1.99. The first-order valence-electron chi connectivity index (χ1n) is 5.26. The first-order valence-corrected chi connectivity index (χ1v) is 6.05. The lowest BCUT2D eigenvalue weighted by Gasteiger charge is -2.25. The van der Waals surface area contributed by atoms with Crippen molar-refractivity contribution in [1.82, 2.24) is 0 Å². The summed E-state index contributed by atoms with van der Waals surface area (Å²) in [4.78, 5) is 11.8. The highest BCUT2D eigenvalue weighted by atomic mass is 79.9. The average Bonchev–Trinajstić information content (AvgIpc) is 2.67. The Kier molecular flexibility index (Phi) is 2.93. The number of anilines is 1. The Morgan fingerprint density at radius 2 is 2.38 bits per heavy atom. The van der Waals surface area contributed by atoms with Gasteiger partial charge in [-0.2, -0.15) is 0 Å². The van der Waals surface area contributed by atoms with Gasteiger partial charge in [-0.1, -0.05) is 28.9 Å². The van der Waals surface area contributed by atoms with Gasteiger partial charge in [-0.25, -0.2) is 4.79 Å². The molecule has 0 saturated heterocycles. The summed E-state index contributed by atoms with van der Waals surface area (Å²) in [6.07, 6.45) is 1.41. The minimum Gasteiger partial charge on any atom is -0.467 e. The van der Waals surface area contributed by atoms with Gasteiger partial charge in [0.05, 0.1) is 7.11 Å². The van der Waals surface area contributed by atoms with Gasteiger partial charge in [-0.15, -0.1) is 0 Å². The highest BCUT2D eigenvalue weighted by Crippen LogP contribution is 2.36. The van der Waals surface area contributed by atoms with E-state index in [0.717, 1.165) is 15.7 Å². The standard InChI is InChI=1S/C12H14BrNO2/c1-3-12(11(15)16-2)7-8-4-5-9(13)6-10(8)14-12/h4-6,14H,3,7H2,1-2H3. The molecule has 1 aromatic rings. The highest BCUT2D eigenvalue weighted by Gasteiger charge is 2.43. The predicted molar refractivity (Wildman–Crippen MR) is 66.5 cm³/mol. The molecule has 16 heavy (non-hydrogen) atoms. The fourth-order valence-electron chi connectivity index (χ4n) is 2.12. The fraction of sp³-hybridized carbons (Fsp3) is 0.417. The van der Waals surface area contributed by atoms with E-state index >= 15 is 0 Å². The molecule has 1 atom stereocenters. The lowest BCUT2D eigenvalue weighted by Crippen LogP contribution is -2.45. The number of esters is 1. The number of halogens is 1. The maximum atomic E-state index is 11.8. The van der Waals surface area contributed by atoms with Gasteiger partial charge in [0.25, 0.3) is 0 Å². The second-order valence-corrected chi connectivity index (χ2v) is 4.95. The second kappa shape index (κ2) is 4.09. The van der Waals surface area contributed by atoms with Crippen LogP contribution in [0.3, 0.4) is 0 Å². The van der Waals surface area contributed by atoms with Crippen LogP contribution in [0.1, 0.15) is 18.9 Å². The Hall–Kier alpha value is -1.03. The van der Waals surface area contributed by atoms with Crippen LogP contribution in [0.2, 0.25) is 0 Å². The van der Waals surface area contributed by atoms with E-state index in [4.69, 9.17) is 4.74 Å². The van der Waals surface area contributed by atoms with Crippen molar-refractivity contribution in [2.45, 2.75) is 25.3 Å². The molecule has 1 aliphatic heterocycles. The van der Waals surface area contributed by atoms with Crippen molar-refractivity contribution in [3.63, 3.8) is 0 Å². The molecule has 0 aliphatic carbocycles. The van der Waals surface area contributed by atoms with E-state index in [1.807, 2.05) is 25.1 Å². The molecule has 1 aromatic carbocycles. The SMILES string of the molecule is CCC1(C(=O)OC)Cc2ccc(Br)cc2N1. The summed E-state index contributed by atoms with van der Waals surface area (Å²) < 4.78 is 5.89. The third-order valence-corrected chi connectivity index (χ3v) is 3.61. The summed E-state index contributed by atoms with van der Waals surface area (Å²) in [6, 6.07) is 6.02. The predicted octanol–water partition coefficient (Wildman–Crippen LogP) is 2.74. The quantitative estimate of drug-likeness (QED) is 0.849. The van der Waals surface area contributed by atoms with Crippen molar-refractivity contribution in [3.05, 3.63) is 28.2 Å². The molecule has 2 rings (SSSR count). The minimum atomic E-state index is -0.585. The monoisotopic (exact) mass is 283 g/mol. The van der Waals surface area contributed by atoms with Crippen LogP contribution in [0.4, 0.5) is 5.69 Å². The Bertz CT molecular complexity index is 433. The second-order valence-electron chi connectivity index (χ2n) is 4.03. The van der Waals surface area contributed by atoms with Crippen molar-refractivity contribution < 1.29 is 9.53 Å². The van der Waals surface area contributed by atoms with E-state index in [2.05, 4.69) is 21.2 Å². The summed E-state index contributed by atoms with van der Waals surface area (Å²) in [5.74, 6) is -0.192. The number of benzene rings is 1. The first kappa shape index (κ1) is 11.5. The van der Waals surface area contributed by atoms with Crippen molar-refractivity contribution in [2.24, 2.45) is 0 Å². The molecule has 0 fully saturated rings. The van der Waals surface area contributed by atoms with Crippen molar-refractivity contribution in [3.8, 4) is 0 Å². The molecule has 0 spiro atoms. The third-order valence-electron chi connectivity index (χ3n) is 3.12. The molecular weight excluding hydrogens is 270 g/mol. The van der Waals surface area contributed by atoms with Gasteiger partial charge in [0.1, 0.15) is 5.54 Å². The van der Waals surface area contributed by atoms with Crippen LogP contribution in [0.25, 0.3) is 0 Å². The van der Waals surface area contributed by atoms with E-state index in [1.54, 1.807) is 0 Å². The molecule has 0 radical (unpaired) electrons. The smallest absolute Gasteiger partial charge is 0.331 e. The van der Waals surface area contributed by atoms with Gasteiger partial charge in [-0.05, 0) is 24.1 Å². The van der Waals surface area contributed by atoms with Crippen LogP contribution >= 0.6 is 15.9 Å². The van der Waals surface area contributed by atoms with Gasteiger partial charge in [0, 0.05) is 16.6 Å². The maximum absolute atomic E-state index is 11.8. The number of carbonyl (C=O) groups is 1. The number of hydrogen-bond donors (Lipinski definition) is 1. The highest BCUT2D eigenvalue weighted by molar-refractivity contribution is 9.10. The Morgan fingerprint density at radius 1 is 1.62 bits per heavy atom. The normalized spacial score (nSPS) is 22.4. The number of hydrogen-bond acceptors (Lipinski definition) is 3. The molecular formula is C12H14BrNO2. The number of carbonyl (C=O) groups excluding carboxylic acids is 1. The topological polar surface area (TPSA) is 38.3 Å². The van der Waals surface area contributed by atoms with E-state index in [-0.39, 0.29) is 5.97 Å². The number of ether oxygens (including phenoxy) is 1. The fourth-order valence-corrected chi connectivity index (χ4v) is 2.48. The summed E-state index contributed by atoms with van der Waals surface area (Å²) in [5.41, 5.74) is 1.59. The zero-order valence-corrected chi connectivity index (χ0v) is 10.9. The van der Waals surface area contributed by atoms with Crippen molar-refractivity contribution in [2.75, 3.05) is 12.4 Å². The Labute approximate surface area is 103 Å². The molecule has 4 heteroatoms. The van der Waals surface area contributed by atoms with Crippen molar-refractivity contribution >= 4 is 27.6 Å². The molecule has 0 bridgehead atoms. The number of fused-ring (bicyclic) bond motifs is 1. The van der Waals surface area contributed by atoms with Crippen LogP contribution in [0.15, 0.2) is 22.7 Å². The Morgan fingerprint density at radius 3 is 3.00 bits per heavy atom.